The van der Waals surface area contributed by atoms with Gasteiger partial charge in [-0.1, -0.05) is 23.2 Å². The quantitative estimate of drug-likeness (QED) is 0.833. The van der Waals surface area contributed by atoms with Crippen LogP contribution < -0.4 is 5.32 Å². The Morgan fingerprint density at radius 2 is 1.80 bits per heavy atom. The number of amides is 2. The summed E-state index contributed by atoms with van der Waals surface area (Å²) in [7, 11) is 0. The normalized spacial score (nSPS) is 15.0. The number of hydrogen-bond donors (Lipinski definition) is 1. The zero-order valence-corrected chi connectivity index (χ0v) is 14.8. The number of likely N-dealkylation sites (tertiary alicyclic amines) is 1. The van der Waals surface area contributed by atoms with E-state index in [-0.39, 0.29) is 28.7 Å². The fourth-order valence-corrected chi connectivity index (χ4v) is 3.22. The Morgan fingerprint density at radius 1 is 1.12 bits per heavy atom. The van der Waals surface area contributed by atoms with E-state index in [4.69, 9.17) is 23.2 Å². The molecular formula is C17H16Cl2N4O2. The molecule has 3 rings (SSSR count). The highest BCUT2D eigenvalue weighted by atomic mass is 35.5. The molecule has 0 aliphatic carbocycles. The molecule has 0 atom stereocenters. The third-order valence-electron chi connectivity index (χ3n) is 4.04. The van der Waals surface area contributed by atoms with Crippen molar-refractivity contribution in [3.63, 3.8) is 0 Å². The first-order valence-electron chi connectivity index (χ1n) is 7.86. The van der Waals surface area contributed by atoms with Crippen LogP contribution in [0.3, 0.4) is 0 Å². The van der Waals surface area contributed by atoms with Gasteiger partial charge in [0.15, 0.2) is 0 Å². The number of piperidine rings is 1. The molecule has 1 aliphatic heterocycles. The lowest BCUT2D eigenvalue weighted by Gasteiger charge is -2.32. The molecular weight excluding hydrogens is 363 g/mol. The summed E-state index contributed by atoms with van der Waals surface area (Å²) in [4.78, 5) is 34.4. The van der Waals surface area contributed by atoms with E-state index in [0.717, 1.165) is 0 Å². The molecule has 2 aromatic rings. The third kappa shape index (κ3) is 4.46. The van der Waals surface area contributed by atoms with Crippen LogP contribution in [-0.4, -0.2) is 45.8 Å². The number of nitrogens with zero attached hydrogens (tertiary/aromatic N) is 3. The fourth-order valence-electron chi connectivity index (χ4n) is 2.75. The van der Waals surface area contributed by atoms with E-state index in [0.29, 0.717) is 36.5 Å². The molecule has 6 nitrogen and oxygen atoms in total. The van der Waals surface area contributed by atoms with E-state index in [2.05, 4.69) is 15.3 Å². The third-order valence-corrected chi connectivity index (χ3v) is 4.45. The Balaban J connectivity index is 1.56. The van der Waals surface area contributed by atoms with Gasteiger partial charge in [-0.15, -0.1) is 0 Å². The number of carbonyl (C=O) groups excluding carboxylic acids is 2. The number of pyridine rings is 2. The molecule has 1 N–H and O–H groups in total. The van der Waals surface area contributed by atoms with Crippen molar-refractivity contribution >= 4 is 35.0 Å². The van der Waals surface area contributed by atoms with Gasteiger partial charge < -0.3 is 10.2 Å². The Morgan fingerprint density at radius 3 is 2.44 bits per heavy atom. The van der Waals surface area contributed by atoms with E-state index in [1.807, 2.05) is 0 Å². The van der Waals surface area contributed by atoms with Gasteiger partial charge in [-0.2, -0.15) is 0 Å². The summed E-state index contributed by atoms with van der Waals surface area (Å²) in [6, 6.07) is 6.33. The molecule has 2 amide bonds. The minimum atomic E-state index is -0.316. The Bertz CT molecular complexity index is 757. The first-order valence-corrected chi connectivity index (χ1v) is 8.62. The van der Waals surface area contributed by atoms with Crippen molar-refractivity contribution in [1.29, 1.82) is 0 Å². The molecule has 2 aromatic heterocycles. The van der Waals surface area contributed by atoms with E-state index in [1.165, 1.54) is 12.1 Å². The summed E-state index contributed by atoms with van der Waals surface area (Å²) < 4.78 is 0. The van der Waals surface area contributed by atoms with Crippen molar-refractivity contribution in [2.24, 2.45) is 0 Å². The van der Waals surface area contributed by atoms with Crippen LogP contribution in [0.4, 0.5) is 0 Å². The maximum Gasteiger partial charge on any atom is 0.270 e. The van der Waals surface area contributed by atoms with Crippen molar-refractivity contribution in [2.45, 2.75) is 18.9 Å². The predicted octanol–water partition coefficient (Wildman–Crippen LogP) is 2.82. The molecule has 25 heavy (non-hydrogen) atoms. The van der Waals surface area contributed by atoms with Crippen LogP contribution >= 0.6 is 23.2 Å². The van der Waals surface area contributed by atoms with Crippen LogP contribution in [-0.2, 0) is 0 Å². The molecule has 0 bridgehead atoms. The summed E-state index contributed by atoms with van der Waals surface area (Å²) in [6.45, 7) is 1.16. The first kappa shape index (κ1) is 17.6. The van der Waals surface area contributed by atoms with Crippen LogP contribution in [0.1, 0.15) is 33.7 Å². The summed E-state index contributed by atoms with van der Waals surface area (Å²) in [6.07, 6.45) is 4.56. The van der Waals surface area contributed by atoms with Gasteiger partial charge >= 0.3 is 0 Å². The van der Waals surface area contributed by atoms with Gasteiger partial charge in [-0.05, 0) is 37.1 Å². The van der Waals surface area contributed by atoms with Gasteiger partial charge in [0.25, 0.3) is 11.8 Å². The Hall–Kier alpha value is -2.18. The van der Waals surface area contributed by atoms with Crippen LogP contribution in [0, 0.1) is 0 Å². The maximum absolute atomic E-state index is 12.4. The topological polar surface area (TPSA) is 75.2 Å². The zero-order chi connectivity index (χ0) is 17.8. The second-order valence-corrected chi connectivity index (χ2v) is 6.59. The number of halogens is 2. The zero-order valence-electron chi connectivity index (χ0n) is 13.3. The second kappa shape index (κ2) is 7.80. The van der Waals surface area contributed by atoms with Gasteiger partial charge in [-0.25, -0.2) is 4.98 Å². The average Bonchev–Trinajstić information content (AvgIpc) is 2.61. The van der Waals surface area contributed by atoms with Crippen molar-refractivity contribution in [2.75, 3.05) is 13.1 Å². The standard InChI is InChI=1S/C17H16Cl2N4O2/c18-12-9-14(22-15(19)10-12)16(24)21-13-3-7-23(8-4-13)17(25)11-1-5-20-6-2-11/h1-2,5-6,9-10,13H,3-4,7-8H2,(H,21,24). The largest absolute Gasteiger partial charge is 0.348 e. The number of hydrogen-bond acceptors (Lipinski definition) is 4. The highest BCUT2D eigenvalue weighted by molar-refractivity contribution is 6.34. The number of rotatable bonds is 3. The lowest BCUT2D eigenvalue weighted by molar-refractivity contribution is 0.0697. The van der Waals surface area contributed by atoms with E-state index >= 15 is 0 Å². The minimum Gasteiger partial charge on any atom is -0.348 e. The summed E-state index contributed by atoms with van der Waals surface area (Å²) in [5, 5.41) is 3.46. The van der Waals surface area contributed by atoms with Crippen LogP contribution in [0.5, 0.6) is 0 Å². The van der Waals surface area contributed by atoms with Crippen molar-refractivity contribution < 1.29 is 9.59 Å². The molecule has 3 heterocycles. The van der Waals surface area contributed by atoms with Gasteiger partial charge in [0.1, 0.15) is 10.8 Å². The van der Waals surface area contributed by atoms with Gasteiger partial charge in [0.2, 0.25) is 0 Å². The number of nitrogens with one attached hydrogen (secondary N) is 1. The minimum absolute atomic E-state index is 0.0181. The maximum atomic E-state index is 12.4. The Kier molecular flexibility index (Phi) is 5.50. The SMILES string of the molecule is O=C(NC1CCN(C(=O)c2ccncc2)CC1)c1cc(Cl)cc(Cl)n1. The number of carbonyl (C=O) groups is 2. The molecule has 0 saturated carbocycles. The van der Waals surface area contributed by atoms with Gasteiger partial charge in [0, 0.05) is 42.1 Å². The number of aromatic nitrogens is 2. The fraction of sp³-hybridized carbons (Fsp3) is 0.294. The van der Waals surface area contributed by atoms with E-state index in [1.54, 1.807) is 29.4 Å². The van der Waals surface area contributed by atoms with Crippen LogP contribution in [0.25, 0.3) is 0 Å². The molecule has 130 valence electrons. The summed E-state index contributed by atoms with van der Waals surface area (Å²) >= 11 is 11.7. The van der Waals surface area contributed by atoms with Crippen molar-refractivity contribution in [3.8, 4) is 0 Å². The summed E-state index contributed by atoms with van der Waals surface area (Å²) in [5.41, 5.74) is 0.808. The second-order valence-electron chi connectivity index (χ2n) is 5.77. The van der Waals surface area contributed by atoms with E-state index in [9.17, 15) is 9.59 Å². The van der Waals surface area contributed by atoms with Gasteiger partial charge in [-0.3, -0.25) is 14.6 Å². The molecule has 0 unspecified atom stereocenters. The Labute approximate surface area is 155 Å². The molecule has 0 spiro atoms. The van der Waals surface area contributed by atoms with Crippen LogP contribution in [0.2, 0.25) is 10.2 Å². The molecule has 1 fully saturated rings. The van der Waals surface area contributed by atoms with Gasteiger partial charge in [0.05, 0.1) is 0 Å². The smallest absolute Gasteiger partial charge is 0.270 e. The van der Waals surface area contributed by atoms with Crippen molar-refractivity contribution in [3.05, 3.63) is 58.1 Å². The molecule has 0 aromatic carbocycles. The average molecular weight is 379 g/mol. The highest BCUT2D eigenvalue weighted by Crippen LogP contribution is 2.17. The first-order chi connectivity index (χ1) is 12.0. The molecule has 1 saturated heterocycles. The summed E-state index contributed by atoms with van der Waals surface area (Å²) in [5.74, 6) is -0.334. The molecule has 0 radical (unpaired) electrons. The lowest BCUT2D eigenvalue weighted by atomic mass is 10.0. The molecule has 1 aliphatic rings. The van der Waals surface area contributed by atoms with Crippen LogP contribution in [0.15, 0.2) is 36.7 Å². The lowest BCUT2D eigenvalue weighted by Crippen LogP contribution is -2.46. The highest BCUT2D eigenvalue weighted by Gasteiger charge is 2.25. The molecule has 8 heteroatoms. The van der Waals surface area contributed by atoms with Crippen molar-refractivity contribution in [1.82, 2.24) is 20.2 Å². The predicted molar refractivity (Wildman–Crippen MR) is 94.9 cm³/mol. The monoisotopic (exact) mass is 378 g/mol. The van der Waals surface area contributed by atoms with E-state index < -0.39 is 0 Å².